The molecule has 0 bridgehead atoms. The van der Waals surface area contributed by atoms with Crippen LogP contribution in [0.15, 0.2) is 27.8 Å². The minimum atomic E-state index is -3.97. The highest BCUT2D eigenvalue weighted by atomic mass is 79.9. The lowest BCUT2D eigenvalue weighted by Gasteiger charge is -2.08. The van der Waals surface area contributed by atoms with Crippen molar-refractivity contribution < 1.29 is 12.8 Å². The summed E-state index contributed by atoms with van der Waals surface area (Å²) < 4.78 is 38.2. The van der Waals surface area contributed by atoms with Crippen molar-refractivity contribution in [3.8, 4) is 11.4 Å². The van der Waals surface area contributed by atoms with Crippen LogP contribution in [-0.4, -0.2) is 23.2 Å². The van der Waals surface area contributed by atoms with E-state index in [1.165, 1.54) is 22.8 Å². The van der Waals surface area contributed by atoms with Gasteiger partial charge in [-0.1, -0.05) is 0 Å². The third kappa shape index (κ3) is 2.47. The fourth-order valence-corrected chi connectivity index (χ4v) is 3.41. The molecule has 0 amide bonds. The minimum Gasteiger partial charge on any atom is -0.294 e. The maximum Gasteiger partial charge on any atom is 0.296 e. The van der Waals surface area contributed by atoms with Gasteiger partial charge in [-0.25, -0.2) is 12.8 Å². The number of hydrogen-bond acceptors (Lipinski definition) is 4. The summed E-state index contributed by atoms with van der Waals surface area (Å²) in [6.07, 6.45) is 1.67. The van der Waals surface area contributed by atoms with E-state index in [1.54, 1.807) is 0 Å². The molecule has 20 heavy (non-hydrogen) atoms. The lowest BCUT2D eigenvalue weighted by molar-refractivity contribution is 0.579. The Hall–Kier alpha value is -0.990. The van der Waals surface area contributed by atoms with Gasteiger partial charge >= 0.3 is 0 Å². The van der Waals surface area contributed by atoms with Gasteiger partial charge in [0.15, 0.2) is 5.82 Å². The predicted octanol–water partition coefficient (Wildman–Crippen LogP) is 3.11. The Balaban J connectivity index is 2.22. The van der Waals surface area contributed by atoms with Crippen molar-refractivity contribution in [3.63, 3.8) is 0 Å². The van der Waals surface area contributed by atoms with Gasteiger partial charge in [-0.15, -0.1) is 10.2 Å². The number of aromatic nitrogens is 3. The molecule has 2 aromatic rings. The van der Waals surface area contributed by atoms with Crippen molar-refractivity contribution in [2.75, 3.05) is 0 Å². The summed E-state index contributed by atoms with van der Waals surface area (Å²) in [5.41, 5.74) is 0.567. The lowest BCUT2D eigenvalue weighted by atomic mass is 10.2. The number of benzene rings is 1. The molecule has 0 N–H and O–H groups in total. The second-order valence-corrected chi connectivity index (χ2v) is 7.78. The van der Waals surface area contributed by atoms with Crippen molar-refractivity contribution in [2.24, 2.45) is 0 Å². The molecule has 3 rings (SSSR count). The first-order valence-corrected chi connectivity index (χ1v) is 8.83. The molecule has 0 aliphatic heterocycles. The molecule has 1 saturated carbocycles. The summed E-state index contributed by atoms with van der Waals surface area (Å²) in [4.78, 5) is 0. The van der Waals surface area contributed by atoms with E-state index in [2.05, 4.69) is 26.1 Å². The number of hydrogen-bond donors (Lipinski definition) is 0. The van der Waals surface area contributed by atoms with E-state index in [4.69, 9.17) is 10.7 Å². The normalized spacial score (nSPS) is 15.6. The Morgan fingerprint density at radius 2 is 2.05 bits per heavy atom. The summed E-state index contributed by atoms with van der Waals surface area (Å²) in [5, 5.41) is 7.30. The molecule has 1 aromatic carbocycles. The fraction of sp³-hybridized carbons (Fsp3) is 0.273. The Bertz CT molecular complexity index is 789. The summed E-state index contributed by atoms with van der Waals surface area (Å²) in [6.45, 7) is 0. The summed E-state index contributed by atoms with van der Waals surface area (Å²) >= 11 is 3.24. The van der Waals surface area contributed by atoms with Gasteiger partial charge in [0.1, 0.15) is 5.82 Å². The standard InChI is InChI=1S/C11H8BrClFN3O2S/c12-9-5-6(14)1-4-8(9)10-15-16-11(20(13,18)19)17(10)7-2-3-7/h1,4-5,7H,2-3H2. The Labute approximate surface area is 127 Å². The lowest BCUT2D eigenvalue weighted by Crippen LogP contribution is -2.06. The van der Waals surface area contributed by atoms with Crippen LogP contribution in [0.25, 0.3) is 11.4 Å². The Morgan fingerprint density at radius 3 is 2.60 bits per heavy atom. The molecule has 1 aliphatic rings. The third-order valence-electron chi connectivity index (χ3n) is 2.97. The van der Waals surface area contributed by atoms with Gasteiger partial charge in [-0.05, 0) is 47.0 Å². The van der Waals surface area contributed by atoms with Gasteiger partial charge in [0, 0.05) is 26.8 Å². The fourth-order valence-electron chi connectivity index (χ4n) is 1.96. The molecule has 5 nitrogen and oxygen atoms in total. The van der Waals surface area contributed by atoms with Crippen LogP contribution >= 0.6 is 26.6 Å². The van der Waals surface area contributed by atoms with Crippen LogP contribution in [0, 0.1) is 5.82 Å². The zero-order valence-corrected chi connectivity index (χ0v) is 13.1. The highest BCUT2D eigenvalue weighted by molar-refractivity contribution is 9.10. The van der Waals surface area contributed by atoms with Crippen molar-refractivity contribution in [1.82, 2.24) is 14.8 Å². The number of halogens is 3. The van der Waals surface area contributed by atoms with Crippen LogP contribution < -0.4 is 0 Å². The Kier molecular flexibility index (Phi) is 3.34. The SMILES string of the molecule is O=S(=O)(Cl)c1nnc(-c2ccc(F)cc2Br)n1C1CC1. The maximum atomic E-state index is 13.1. The van der Waals surface area contributed by atoms with Crippen LogP contribution in [0.5, 0.6) is 0 Å². The van der Waals surface area contributed by atoms with Gasteiger partial charge in [-0.3, -0.25) is 4.57 Å². The summed E-state index contributed by atoms with van der Waals surface area (Å²) in [6, 6.07) is 4.10. The van der Waals surface area contributed by atoms with Gasteiger partial charge < -0.3 is 0 Å². The van der Waals surface area contributed by atoms with E-state index in [0.717, 1.165) is 12.8 Å². The van der Waals surface area contributed by atoms with Crippen molar-refractivity contribution in [1.29, 1.82) is 0 Å². The zero-order valence-electron chi connectivity index (χ0n) is 9.92. The van der Waals surface area contributed by atoms with Crippen LogP contribution in [0.4, 0.5) is 4.39 Å². The van der Waals surface area contributed by atoms with E-state index in [-0.39, 0.29) is 11.2 Å². The molecule has 0 spiro atoms. The van der Waals surface area contributed by atoms with Crippen molar-refractivity contribution in [2.45, 2.75) is 24.0 Å². The Morgan fingerprint density at radius 1 is 1.35 bits per heavy atom. The van der Waals surface area contributed by atoms with Gasteiger partial charge in [-0.2, -0.15) is 0 Å². The number of nitrogens with zero attached hydrogens (tertiary/aromatic N) is 3. The molecule has 0 atom stereocenters. The molecule has 106 valence electrons. The maximum absolute atomic E-state index is 13.1. The molecule has 1 heterocycles. The average molecular weight is 381 g/mol. The van der Waals surface area contributed by atoms with Crippen LogP contribution in [0.2, 0.25) is 0 Å². The summed E-state index contributed by atoms with van der Waals surface area (Å²) in [5.74, 6) is -0.0399. The highest BCUT2D eigenvalue weighted by Crippen LogP contribution is 2.41. The largest absolute Gasteiger partial charge is 0.296 e. The third-order valence-corrected chi connectivity index (χ3v) is 4.75. The van der Waals surface area contributed by atoms with Crippen LogP contribution in [0.1, 0.15) is 18.9 Å². The molecule has 0 unspecified atom stereocenters. The second-order valence-electron chi connectivity index (χ2n) is 4.47. The molecule has 9 heteroatoms. The van der Waals surface area contributed by atoms with Gasteiger partial charge in [0.25, 0.3) is 14.2 Å². The summed E-state index contributed by atoms with van der Waals surface area (Å²) in [7, 11) is 1.40. The van der Waals surface area contributed by atoms with Crippen LogP contribution in [-0.2, 0) is 9.05 Å². The highest BCUT2D eigenvalue weighted by Gasteiger charge is 2.34. The van der Waals surface area contributed by atoms with E-state index < -0.39 is 14.9 Å². The first-order chi connectivity index (χ1) is 9.38. The van der Waals surface area contributed by atoms with E-state index >= 15 is 0 Å². The minimum absolute atomic E-state index is 0.0143. The topological polar surface area (TPSA) is 64.8 Å². The first kappa shape index (κ1) is 14.0. The van der Waals surface area contributed by atoms with Crippen LogP contribution in [0.3, 0.4) is 0 Å². The molecule has 1 aromatic heterocycles. The van der Waals surface area contributed by atoms with Gasteiger partial charge in [0.2, 0.25) is 0 Å². The molecule has 1 fully saturated rings. The molecule has 0 saturated heterocycles. The molecule has 1 aliphatic carbocycles. The second kappa shape index (κ2) is 4.78. The predicted molar refractivity (Wildman–Crippen MR) is 74.4 cm³/mol. The van der Waals surface area contributed by atoms with Crippen molar-refractivity contribution in [3.05, 3.63) is 28.5 Å². The van der Waals surface area contributed by atoms with Crippen molar-refractivity contribution >= 4 is 35.7 Å². The quantitative estimate of drug-likeness (QED) is 0.768. The molecular formula is C11H8BrClFN3O2S. The van der Waals surface area contributed by atoms with E-state index in [0.29, 0.717) is 15.9 Å². The van der Waals surface area contributed by atoms with E-state index in [1.807, 2.05) is 0 Å². The molecule has 0 radical (unpaired) electrons. The zero-order chi connectivity index (χ0) is 14.5. The monoisotopic (exact) mass is 379 g/mol. The first-order valence-electron chi connectivity index (χ1n) is 5.73. The number of rotatable bonds is 3. The smallest absolute Gasteiger partial charge is 0.294 e. The average Bonchev–Trinajstić information content (AvgIpc) is 3.07. The van der Waals surface area contributed by atoms with E-state index in [9.17, 15) is 12.8 Å². The van der Waals surface area contributed by atoms with Gasteiger partial charge in [0.05, 0.1) is 0 Å². The molecular weight excluding hydrogens is 373 g/mol.